The fourth-order valence-electron chi connectivity index (χ4n) is 1.74. The van der Waals surface area contributed by atoms with Crippen LogP contribution in [0.4, 0.5) is 5.95 Å². The van der Waals surface area contributed by atoms with Gasteiger partial charge in [-0.05, 0) is 19.8 Å². The maximum absolute atomic E-state index is 7.00. The molecule has 1 aliphatic rings. The highest BCUT2D eigenvalue weighted by molar-refractivity contribution is 5.32. The van der Waals surface area contributed by atoms with E-state index in [0.29, 0.717) is 12.1 Å². The fraction of sp³-hybridized carbons (Fsp3) is 0.700. The van der Waals surface area contributed by atoms with E-state index < -0.39 is 0 Å². The van der Waals surface area contributed by atoms with E-state index >= 15 is 0 Å². The Balaban J connectivity index is 0.000000606. The SMILES string of the molecule is CO.COc1ncnc(N2CCCC2C)n1. The Labute approximate surface area is 95.3 Å². The van der Waals surface area contributed by atoms with Crippen molar-refractivity contribution in [3.8, 4) is 6.01 Å². The van der Waals surface area contributed by atoms with Crippen molar-refractivity contribution < 1.29 is 9.84 Å². The Morgan fingerprint density at radius 3 is 2.75 bits per heavy atom. The summed E-state index contributed by atoms with van der Waals surface area (Å²) in [6.07, 6.45) is 3.90. The van der Waals surface area contributed by atoms with Crippen LogP contribution in [0, 0.1) is 0 Å². The van der Waals surface area contributed by atoms with Crippen molar-refractivity contribution in [1.82, 2.24) is 15.0 Å². The Morgan fingerprint density at radius 1 is 1.44 bits per heavy atom. The zero-order valence-electron chi connectivity index (χ0n) is 9.92. The lowest BCUT2D eigenvalue weighted by Gasteiger charge is -2.20. The van der Waals surface area contributed by atoms with Crippen LogP contribution >= 0.6 is 0 Å². The summed E-state index contributed by atoms with van der Waals surface area (Å²) >= 11 is 0. The molecule has 0 radical (unpaired) electrons. The number of anilines is 1. The molecule has 16 heavy (non-hydrogen) atoms. The molecule has 2 rings (SSSR count). The molecule has 1 aromatic heterocycles. The molecule has 0 bridgehead atoms. The lowest BCUT2D eigenvalue weighted by Crippen LogP contribution is -2.28. The van der Waals surface area contributed by atoms with E-state index in [1.54, 1.807) is 7.11 Å². The van der Waals surface area contributed by atoms with Crippen LogP contribution in [0.5, 0.6) is 6.01 Å². The highest BCUT2D eigenvalue weighted by Gasteiger charge is 2.22. The minimum absolute atomic E-state index is 0.383. The number of methoxy groups -OCH3 is 1. The number of nitrogens with zero attached hydrogens (tertiary/aromatic N) is 4. The molecule has 1 fully saturated rings. The topological polar surface area (TPSA) is 71.4 Å². The lowest BCUT2D eigenvalue weighted by atomic mass is 10.2. The second-order valence-electron chi connectivity index (χ2n) is 3.46. The summed E-state index contributed by atoms with van der Waals surface area (Å²) in [5.41, 5.74) is 0. The van der Waals surface area contributed by atoms with Gasteiger partial charge in [0.05, 0.1) is 7.11 Å². The van der Waals surface area contributed by atoms with Gasteiger partial charge in [0, 0.05) is 19.7 Å². The van der Waals surface area contributed by atoms with Gasteiger partial charge in [0.1, 0.15) is 6.33 Å². The van der Waals surface area contributed by atoms with Gasteiger partial charge >= 0.3 is 6.01 Å². The van der Waals surface area contributed by atoms with Crippen molar-refractivity contribution >= 4 is 5.95 Å². The van der Waals surface area contributed by atoms with Gasteiger partial charge in [0.25, 0.3) is 0 Å². The van der Waals surface area contributed by atoms with Gasteiger partial charge in [-0.2, -0.15) is 9.97 Å². The van der Waals surface area contributed by atoms with E-state index in [2.05, 4.69) is 26.8 Å². The molecule has 1 saturated heterocycles. The maximum Gasteiger partial charge on any atom is 0.320 e. The minimum Gasteiger partial charge on any atom is -0.467 e. The molecule has 1 aromatic rings. The van der Waals surface area contributed by atoms with E-state index in [0.717, 1.165) is 19.6 Å². The van der Waals surface area contributed by atoms with E-state index in [1.807, 2.05) is 0 Å². The molecule has 1 N–H and O–H groups in total. The predicted molar refractivity (Wildman–Crippen MR) is 60.6 cm³/mol. The molecule has 6 nitrogen and oxygen atoms in total. The van der Waals surface area contributed by atoms with E-state index in [1.165, 1.54) is 19.2 Å². The first-order valence-corrected chi connectivity index (χ1v) is 5.25. The third kappa shape index (κ3) is 2.79. The smallest absolute Gasteiger partial charge is 0.320 e. The summed E-state index contributed by atoms with van der Waals surface area (Å²) in [6.45, 7) is 3.21. The van der Waals surface area contributed by atoms with Crippen molar-refractivity contribution in [3.63, 3.8) is 0 Å². The average molecular weight is 226 g/mol. The first-order valence-electron chi connectivity index (χ1n) is 5.25. The normalized spacial score (nSPS) is 19.0. The Morgan fingerprint density at radius 2 is 2.19 bits per heavy atom. The molecule has 0 saturated carbocycles. The molecular formula is C10H18N4O2. The molecular weight excluding hydrogens is 208 g/mol. The third-order valence-electron chi connectivity index (χ3n) is 2.53. The van der Waals surface area contributed by atoms with Crippen LogP contribution < -0.4 is 9.64 Å². The van der Waals surface area contributed by atoms with Crippen LogP contribution in [-0.2, 0) is 0 Å². The average Bonchev–Trinajstić information content (AvgIpc) is 2.78. The second kappa shape index (κ2) is 6.22. The number of aliphatic hydroxyl groups excluding tert-OH is 1. The molecule has 90 valence electrons. The highest BCUT2D eigenvalue weighted by atomic mass is 16.5. The first kappa shape index (κ1) is 12.6. The zero-order chi connectivity index (χ0) is 12.0. The molecule has 6 heteroatoms. The molecule has 1 unspecified atom stereocenters. The third-order valence-corrected chi connectivity index (χ3v) is 2.53. The van der Waals surface area contributed by atoms with Crippen molar-refractivity contribution in [2.75, 3.05) is 25.7 Å². The lowest BCUT2D eigenvalue weighted by molar-refractivity contribution is 0.377. The van der Waals surface area contributed by atoms with Gasteiger partial charge in [-0.3, -0.25) is 0 Å². The molecule has 1 aliphatic heterocycles. The summed E-state index contributed by atoms with van der Waals surface area (Å²) < 4.78 is 4.96. The predicted octanol–water partition coefficient (Wildman–Crippen LogP) is 0.477. The summed E-state index contributed by atoms with van der Waals surface area (Å²) in [6, 6.07) is 0.899. The van der Waals surface area contributed by atoms with Gasteiger partial charge in [-0.1, -0.05) is 0 Å². The van der Waals surface area contributed by atoms with Crippen LogP contribution in [0.15, 0.2) is 6.33 Å². The molecule has 2 heterocycles. The summed E-state index contributed by atoms with van der Waals surface area (Å²) in [4.78, 5) is 14.4. The van der Waals surface area contributed by atoms with E-state index in [-0.39, 0.29) is 0 Å². The Bertz CT molecular complexity index is 321. The maximum atomic E-state index is 7.00. The quantitative estimate of drug-likeness (QED) is 0.790. The van der Waals surface area contributed by atoms with Gasteiger partial charge in [0.2, 0.25) is 5.95 Å². The van der Waals surface area contributed by atoms with Crippen molar-refractivity contribution in [3.05, 3.63) is 6.33 Å². The summed E-state index contributed by atoms with van der Waals surface area (Å²) in [5, 5.41) is 7.00. The van der Waals surface area contributed by atoms with E-state index in [9.17, 15) is 0 Å². The molecule has 0 aliphatic carbocycles. The van der Waals surface area contributed by atoms with E-state index in [4.69, 9.17) is 9.84 Å². The van der Waals surface area contributed by atoms with Crippen LogP contribution in [0.2, 0.25) is 0 Å². The Hall–Kier alpha value is -1.43. The van der Waals surface area contributed by atoms with Gasteiger partial charge in [-0.15, -0.1) is 0 Å². The van der Waals surface area contributed by atoms with Crippen LogP contribution in [0.1, 0.15) is 19.8 Å². The monoisotopic (exact) mass is 226 g/mol. The summed E-state index contributed by atoms with van der Waals surface area (Å²) in [7, 11) is 2.56. The Kier molecular flexibility index (Phi) is 4.91. The summed E-state index contributed by atoms with van der Waals surface area (Å²) in [5.74, 6) is 0.724. The molecule has 0 amide bonds. The second-order valence-corrected chi connectivity index (χ2v) is 3.46. The number of aromatic nitrogens is 3. The van der Waals surface area contributed by atoms with Gasteiger partial charge in [0.15, 0.2) is 0 Å². The first-order chi connectivity index (χ1) is 7.81. The zero-order valence-corrected chi connectivity index (χ0v) is 9.92. The van der Waals surface area contributed by atoms with Gasteiger partial charge in [-0.25, -0.2) is 4.98 Å². The van der Waals surface area contributed by atoms with Crippen LogP contribution in [0.25, 0.3) is 0 Å². The standard InChI is InChI=1S/C9H14N4O.CH4O/c1-7-4-3-5-13(7)8-10-6-11-9(12-8)14-2;1-2/h6-7H,3-5H2,1-2H3;2H,1H3. The number of aliphatic hydroxyl groups is 1. The molecule has 0 spiro atoms. The van der Waals surface area contributed by atoms with Crippen molar-refractivity contribution in [1.29, 1.82) is 0 Å². The highest BCUT2D eigenvalue weighted by Crippen LogP contribution is 2.21. The number of ether oxygens (including phenoxy) is 1. The van der Waals surface area contributed by atoms with Gasteiger partial charge < -0.3 is 14.7 Å². The minimum atomic E-state index is 0.383. The van der Waals surface area contributed by atoms with Crippen LogP contribution in [-0.4, -0.2) is 46.9 Å². The largest absolute Gasteiger partial charge is 0.467 e. The fourth-order valence-corrected chi connectivity index (χ4v) is 1.74. The number of rotatable bonds is 2. The number of hydrogen-bond acceptors (Lipinski definition) is 6. The molecule has 0 aromatic carbocycles. The molecule has 1 atom stereocenters. The van der Waals surface area contributed by atoms with Crippen molar-refractivity contribution in [2.45, 2.75) is 25.8 Å². The van der Waals surface area contributed by atoms with Crippen LogP contribution in [0.3, 0.4) is 0 Å². The van der Waals surface area contributed by atoms with Crippen molar-refractivity contribution in [2.24, 2.45) is 0 Å². The number of hydrogen-bond donors (Lipinski definition) is 1.